The van der Waals surface area contributed by atoms with Crippen LogP contribution in [0.1, 0.15) is 20.8 Å². The predicted molar refractivity (Wildman–Crippen MR) is 45.3 cm³/mol. The van der Waals surface area contributed by atoms with Gasteiger partial charge in [0.15, 0.2) is 3.57 Å². The number of rotatable bonds is 1. The Morgan fingerprint density at radius 1 is 1.18 bits per heavy atom. The molecule has 0 spiro atoms. The Bertz CT molecular complexity index is 319. The summed E-state index contributed by atoms with van der Waals surface area (Å²) in [5.41, 5.74) is 3.47. The fraction of sp³-hybridized carbons (Fsp3) is 0.400. The number of alkyl halides is 1. The van der Waals surface area contributed by atoms with Gasteiger partial charge in [-0.05, 0) is 20.8 Å². The molecule has 60 valence electrons. The third-order valence-electron chi connectivity index (χ3n) is 1.68. The van der Waals surface area contributed by atoms with Gasteiger partial charge in [-0.3, -0.25) is 0 Å². The van der Waals surface area contributed by atoms with Gasteiger partial charge < -0.3 is 0 Å². The van der Waals surface area contributed by atoms with Crippen molar-refractivity contribution in [2.45, 2.75) is 20.8 Å². The van der Waals surface area contributed by atoms with Gasteiger partial charge in [0.25, 0.3) is 0 Å². The summed E-state index contributed by atoms with van der Waals surface area (Å²) in [6, 6.07) is 4.13. The van der Waals surface area contributed by atoms with Gasteiger partial charge in [0.2, 0.25) is 0 Å². The van der Waals surface area contributed by atoms with Crippen LogP contribution in [-0.4, -0.2) is 4.86 Å². The summed E-state index contributed by atoms with van der Waals surface area (Å²) in [4.78, 5) is -1.76. The molecule has 0 aliphatic rings. The van der Waals surface area contributed by atoms with E-state index in [0.29, 0.717) is 0 Å². The first-order valence-electron chi connectivity index (χ1n) is 5.03. The molecular formula is C10H14I+. The fourth-order valence-electron chi connectivity index (χ4n) is 1.31. The van der Waals surface area contributed by atoms with Crippen molar-refractivity contribution in [1.82, 2.24) is 0 Å². The van der Waals surface area contributed by atoms with Gasteiger partial charge in [-0.25, -0.2) is 0 Å². The van der Waals surface area contributed by atoms with E-state index >= 15 is 0 Å². The lowest BCUT2D eigenvalue weighted by Gasteiger charge is -1.99. The van der Waals surface area contributed by atoms with Crippen LogP contribution in [0.2, 0.25) is 0 Å². The molecular weight excluding hydrogens is 247 g/mol. The largest absolute Gasteiger partial charge is 0.310 e. The number of benzene rings is 1. The van der Waals surface area contributed by atoms with E-state index in [1.165, 1.54) is 5.56 Å². The summed E-state index contributed by atoms with van der Waals surface area (Å²) >= 11 is -0.873. The molecule has 1 rings (SSSR count). The van der Waals surface area contributed by atoms with Crippen LogP contribution in [0.25, 0.3) is 0 Å². The smallest absolute Gasteiger partial charge is 0.0519 e. The highest BCUT2D eigenvalue weighted by Gasteiger charge is 2.12. The summed E-state index contributed by atoms with van der Waals surface area (Å²) in [6.45, 7) is 6.04. The summed E-state index contributed by atoms with van der Waals surface area (Å²) < 4.78 is 23.0. The molecule has 0 amide bonds. The second-order valence-electron chi connectivity index (χ2n) is 2.81. The molecule has 1 aromatic carbocycles. The van der Waals surface area contributed by atoms with Crippen molar-refractivity contribution in [3.8, 4) is 0 Å². The number of hydrogen-bond donors (Lipinski definition) is 0. The lowest BCUT2D eigenvalue weighted by molar-refractivity contribution is -0.598. The van der Waals surface area contributed by atoms with E-state index in [9.17, 15) is 0 Å². The Morgan fingerprint density at radius 2 is 1.73 bits per heavy atom. The molecule has 0 nitrogen and oxygen atoms in total. The minimum absolute atomic E-state index is 0.873. The summed E-state index contributed by atoms with van der Waals surface area (Å²) in [5.74, 6) is 0. The van der Waals surface area contributed by atoms with Gasteiger partial charge in [-0.1, -0.05) is 17.7 Å². The minimum atomic E-state index is -1.76. The van der Waals surface area contributed by atoms with Crippen LogP contribution in [0.5, 0.6) is 0 Å². The maximum absolute atomic E-state index is 7.30. The van der Waals surface area contributed by atoms with Gasteiger partial charge in [0.05, 0.1) is 4.11 Å². The van der Waals surface area contributed by atoms with Crippen LogP contribution in [0.4, 0.5) is 0 Å². The predicted octanol–water partition coefficient (Wildman–Crippen LogP) is -0.500. The van der Waals surface area contributed by atoms with Crippen molar-refractivity contribution in [3.05, 3.63) is 32.4 Å². The second kappa shape index (κ2) is 3.57. The number of hydrogen-bond acceptors (Lipinski definition) is 0. The Balaban J connectivity index is 3.09. The highest BCUT2D eigenvalue weighted by Crippen LogP contribution is 2.07. The van der Waals surface area contributed by atoms with Crippen LogP contribution in [0.15, 0.2) is 12.1 Å². The van der Waals surface area contributed by atoms with Crippen molar-refractivity contribution in [2.24, 2.45) is 0 Å². The van der Waals surface area contributed by atoms with Gasteiger partial charge in [0.1, 0.15) is 4.86 Å². The van der Waals surface area contributed by atoms with Crippen LogP contribution in [0.3, 0.4) is 0 Å². The molecule has 1 heteroatoms. The van der Waals surface area contributed by atoms with Crippen molar-refractivity contribution in [1.29, 1.82) is 0 Å². The van der Waals surface area contributed by atoms with Crippen LogP contribution in [-0.2, 0) is 0 Å². The molecule has 0 radical (unpaired) electrons. The van der Waals surface area contributed by atoms with E-state index < -0.39 is 26.1 Å². The van der Waals surface area contributed by atoms with Crippen molar-refractivity contribution in [2.75, 3.05) is 4.86 Å². The van der Waals surface area contributed by atoms with E-state index in [4.69, 9.17) is 4.11 Å². The highest BCUT2D eigenvalue weighted by molar-refractivity contribution is 5.26. The van der Waals surface area contributed by atoms with Crippen LogP contribution >= 0.6 is 0 Å². The topological polar surface area (TPSA) is 0 Å². The number of aryl methyl sites for hydroxylation is 3. The molecule has 0 bridgehead atoms. The standard InChI is InChI=1S/C10H14I/c1-7-5-8(2)10(11-4)9(3)6-7/h5-6H,1-4H3/q+1/i4D3. The molecule has 0 fully saturated rings. The molecule has 0 unspecified atom stereocenters. The van der Waals surface area contributed by atoms with Crippen LogP contribution in [0, 0.1) is 24.3 Å². The van der Waals surface area contributed by atoms with E-state index in [2.05, 4.69) is 12.1 Å². The van der Waals surface area contributed by atoms with Gasteiger partial charge in [-0.15, -0.1) is 0 Å². The summed E-state index contributed by atoms with van der Waals surface area (Å²) in [5, 5.41) is 0. The molecule has 0 aromatic heterocycles. The molecule has 1 aromatic rings. The highest BCUT2D eigenvalue weighted by atomic mass is 127. The first-order valence-corrected chi connectivity index (χ1v) is 5.69. The van der Waals surface area contributed by atoms with E-state index in [0.717, 1.165) is 14.7 Å². The third kappa shape index (κ3) is 1.95. The molecule has 0 aliphatic heterocycles. The molecule has 0 heterocycles. The van der Waals surface area contributed by atoms with Crippen LogP contribution < -0.4 is 21.2 Å². The molecule has 0 saturated heterocycles. The van der Waals surface area contributed by atoms with E-state index in [1.807, 2.05) is 20.8 Å². The first-order chi connectivity index (χ1) is 6.29. The summed E-state index contributed by atoms with van der Waals surface area (Å²) in [6.07, 6.45) is 0. The van der Waals surface area contributed by atoms with Gasteiger partial charge in [0, 0.05) is 11.1 Å². The van der Waals surface area contributed by atoms with Gasteiger partial charge >= 0.3 is 21.2 Å². The molecule has 0 atom stereocenters. The minimum Gasteiger partial charge on any atom is -0.0519 e. The molecule has 0 N–H and O–H groups in total. The normalized spacial score (nSPS) is 15.4. The average molecular weight is 264 g/mol. The molecule has 11 heavy (non-hydrogen) atoms. The van der Waals surface area contributed by atoms with Crippen molar-refractivity contribution < 1.29 is 25.3 Å². The van der Waals surface area contributed by atoms with E-state index in [1.54, 1.807) is 0 Å². The zero-order chi connectivity index (χ0) is 10.9. The lowest BCUT2D eigenvalue weighted by atomic mass is 10.1. The zero-order valence-electron chi connectivity index (χ0n) is 10.0. The van der Waals surface area contributed by atoms with Crippen molar-refractivity contribution >= 4 is 0 Å². The van der Waals surface area contributed by atoms with Crippen molar-refractivity contribution in [3.63, 3.8) is 0 Å². The van der Waals surface area contributed by atoms with Gasteiger partial charge in [-0.2, -0.15) is 0 Å². The third-order valence-corrected chi connectivity index (χ3v) is 3.92. The SMILES string of the molecule is [2H]C([2H])([2H])[I+]c1c(C)cc(C)cc1C. The number of halogens is 1. The Kier molecular flexibility index (Phi) is 1.81. The second-order valence-corrected chi connectivity index (χ2v) is 4.43. The zero-order valence-corrected chi connectivity index (χ0v) is 9.19. The monoisotopic (exact) mass is 264 g/mol. The molecule has 0 aliphatic carbocycles. The lowest BCUT2D eigenvalue weighted by Crippen LogP contribution is -3.60. The maximum Gasteiger partial charge on any atom is 0.310 e. The quantitative estimate of drug-likeness (QED) is 0.474. The maximum atomic E-state index is 7.30. The summed E-state index contributed by atoms with van der Waals surface area (Å²) in [7, 11) is 0. The Hall–Kier alpha value is -0.0500. The first kappa shape index (κ1) is 5.57. The van der Waals surface area contributed by atoms with E-state index in [-0.39, 0.29) is 0 Å². The molecule has 0 saturated carbocycles. The fourth-order valence-corrected chi connectivity index (χ4v) is 2.47. The Morgan fingerprint density at radius 3 is 2.18 bits per heavy atom. The Labute approximate surface area is 83.5 Å². The average Bonchev–Trinajstić information content (AvgIpc) is 1.95.